The highest BCUT2D eigenvalue weighted by atomic mass is 16.6. The van der Waals surface area contributed by atoms with Crippen molar-refractivity contribution in [2.75, 3.05) is 21.1 Å². The highest BCUT2D eigenvalue weighted by Crippen LogP contribution is 2.24. The predicted molar refractivity (Wildman–Crippen MR) is 91.5 cm³/mol. The minimum absolute atomic E-state index is 0.0789. The highest BCUT2D eigenvalue weighted by molar-refractivity contribution is 6.14. The van der Waals surface area contributed by atoms with Gasteiger partial charge in [0.25, 0.3) is 5.69 Å². The molecule has 22 heavy (non-hydrogen) atoms. The third-order valence-electron chi connectivity index (χ3n) is 2.86. The molecule has 0 N–H and O–H groups in total. The molecule has 0 spiro atoms. The lowest BCUT2D eigenvalue weighted by atomic mass is 9.75. The van der Waals surface area contributed by atoms with Crippen LogP contribution >= 0.6 is 0 Å². The van der Waals surface area contributed by atoms with Gasteiger partial charge in [-0.15, -0.1) is 0 Å². The number of non-ortho nitro benzene ring substituents is 1. The van der Waals surface area contributed by atoms with E-state index < -0.39 is 4.92 Å². The maximum absolute atomic E-state index is 10.6. The summed E-state index contributed by atoms with van der Waals surface area (Å²) in [5.74, 6) is -0.259. The zero-order chi connectivity index (χ0) is 16.7. The van der Waals surface area contributed by atoms with E-state index in [0.717, 1.165) is 16.7 Å². The molecule has 5 heteroatoms. The second-order valence-corrected chi connectivity index (χ2v) is 5.58. The summed E-state index contributed by atoms with van der Waals surface area (Å²) in [5.41, 5.74) is 3.09. The Labute approximate surface area is 133 Å². The van der Waals surface area contributed by atoms with Gasteiger partial charge in [-0.05, 0) is 45.0 Å². The lowest BCUT2D eigenvalue weighted by molar-refractivity contribution is -0.384. The van der Waals surface area contributed by atoms with E-state index in [0.29, 0.717) is 0 Å². The van der Waals surface area contributed by atoms with Crippen LogP contribution in [0.4, 0.5) is 5.69 Å². The number of rotatable bonds is 3. The third kappa shape index (κ3) is 5.70. The minimum Gasteiger partial charge on any atom is -0.312 e. The molecule has 0 aliphatic carbocycles. The van der Waals surface area contributed by atoms with Crippen molar-refractivity contribution in [2.45, 2.75) is 12.7 Å². The smallest absolute Gasteiger partial charge is 0.269 e. The molecule has 4 nitrogen and oxygen atoms in total. The Morgan fingerprint density at radius 1 is 1.05 bits per heavy atom. The number of aryl methyl sites for hydroxylation is 1. The summed E-state index contributed by atoms with van der Waals surface area (Å²) in [7, 11) is 12.1. The first kappa shape index (κ1) is 17.9. The summed E-state index contributed by atoms with van der Waals surface area (Å²) in [6, 6.07) is 14.3. The largest absolute Gasteiger partial charge is 0.312 e. The molecule has 114 valence electrons. The Bertz CT molecular complexity index is 610. The maximum atomic E-state index is 10.6. The Kier molecular flexibility index (Phi) is 6.79. The summed E-state index contributed by atoms with van der Waals surface area (Å²) in [5, 5.41) is 10.6. The van der Waals surface area contributed by atoms with E-state index >= 15 is 0 Å². The first-order valence-corrected chi connectivity index (χ1v) is 6.98. The fourth-order valence-corrected chi connectivity index (χ4v) is 1.86. The molecule has 0 bridgehead atoms. The van der Waals surface area contributed by atoms with Gasteiger partial charge in [0.15, 0.2) is 0 Å². The van der Waals surface area contributed by atoms with Gasteiger partial charge in [-0.2, -0.15) is 0 Å². The number of benzene rings is 2. The van der Waals surface area contributed by atoms with Gasteiger partial charge in [0.05, 0.1) is 12.8 Å². The highest BCUT2D eigenvalue weighted by Gasteiger charge is 2.10. The molecule has 0 aromatic heterocycles. The molecule has 0 amide bonds. The molecule has 0 aliphatic rings. The molecule has 1 unspecified atom stereocenters. The molecule has 0 heterocycles. The van der Waals surface area contributed by atoms with Gasteiger partial charge in [0.2, 0.25) is 0 Å². The topological polar surface area (TPSA) is 46.4 Å². The van der Waals surface area contributed by atoms with Crippen LogP contribution in [0.1, 0.15) is 22.5 Å². The first-order valence-electron chi connectivity index (χ1n) is 6.98. The fraction of sp³-hybridized carbons (Fsp3) is 0.294. The van der Waals surface area contributed by atoms with E-state index in [1.54, 1.807) is 12.1 Å². The fourth-order valence-electron chi connectivity index (χ4n) is 1.86. The molecule has 2 aromatic rings. The van der Waals surface area contributed by atoms with E-state index in [1.807, 2.05) is 57.2 Å². The van der Waals surface area contributed by atoms with Crippen molar-refractivity contribution in [3.05, 3.63) is 75.3 Å². The maximum Gasteiger partial charge on any atom is 0.269 e. The summed E-state index contributed by atoms with van der Waals surface area (Å²) in [6.45, 7) is 2.01. The average molecular weight is 296 g/mol. The number of hydrogen-bond donors (Lipinski definition) is 0. The van der Waals surface area contributed by atoms with Crippen molar-refractivity contribution in [3.8, 4) is 0 Å². The molecule has 0 saturated heterocycles. The molecule has 0 aliphatic heterocycles. The predicted octanol–water partition coefficient (Wildman–Crippen LogP) is 3.34. The van der Waals surface area contributed by atoms with Crippen molar-refractivity contribution in [3.63, 3.8) is 0 Å². The summed E-state index contributed by atoms with van der Waals surface area (Å²) in [4.78, 5) is 12.2. The zero-order valence-electron chi connectivity index (χ0n) is 13.5. The van der Waals surface area contributed by atoms with E-state index in [-0.39, 0.29) is 11.5 Å². The van der Waals surface area contributed by atoms with Crippen molar-refractivity contribution in [1.82, 2.24) is 4.90 Å². The van der Waals surface area contributed by atoms with Gasteiger partial charge in [0.1, 0.15) is 0 Å². The monoisotopic (exact) mass is 296 g/mol. The standard InChI is InChI=1S/C14H12BNO2.C3H9N/c1-10-3-2-4-12(9-10)14(15)11-5-7-13(8-6-11)16(17)18;1-4(2)3/h2-9,14H,1H3;1-3H3. The van der Waals surface area contributed by atoms with Gasteiger partial charge in [-0.1, -0.05) is 42.0 Å². The third-order valence-corrected chi connectivity index (χ3v) is 2.86. The second-order valence-electron chi connectivity index (χ2n) is 5.58. The van der Waals surface area contributed by atoms with Crippen LogP contribution in [0.15, 0.2) is 48.5 Å². The second kappa shape index (κ2) is 8.34. The molecular weight excluding hydrogens is 275 g/mol. The molecule has 0 fully saturated rings. The van der Waals surface area contributed by atoms with Crippen LogP contribution in [-0.2, 0) is 0 Å². The number of nitro groups is 1. The van der Waals surface area contributed by atoms with Crippen molar-refractivity contribution in [2.24, 2.45) is 0 Å². The van der Waals surface area contributed by atoms with Crippen molar-refractivity contribution in [1.29, 1.82) is 0 Å². The van der Waals surface area contributed by atoms with Gasteiger partial charge in [-0.3, -0.25) is 10.1 Å². The lowest BCUT2D eigenvalue weighted by Crippen LogP contribution is -2.01. The van der Waals surface area contributed by atoms with Crippen LogP contribution in [0.5, 0.6) is 0 Å². The molecule has 2 aromatic carbocycles. The van der Waals surface area contributed by atoms with Gasteiger partial charge < -0.3 is 4.90 Å². The van der Waals surface area contributed by atoms with E-state index in [4.69, 9.17) is 7.85 Å². The summed E-state index contributed by atoms with van der Waals surface area (Å²) < 4.78 is 0. The zero-order valence-corrected chi connectivity index (χ0v) is 13.5. The van der Waals surface area contributed by atoms with Crippen LogP contribution in [0, 0.1) is 17.0 Å². The molecule has 2 rings (SSSR count). The van der Waals surface area contributed by atoms with Crippen LogP contribution in [-0.4, -0.2) is 38.8 Å². The summed E-state index contributed by atoms with van der Waals surface area (Å²) >= 11 is 0. The minimum atomic E-state index is -0.415. The van der Waals surface area contributed by atoms with E-state index in [2.05, 4.69) is 0 Å². The first-order chi connectivity index (χ1) is 10.3. The van der Waals surface area contributed by atoms with Crippen LogP contribution < -0.4 is 0 Å². The van der Waals surface area contributed by atoms with Crippen LogP contribution in [0.3, 0.4) is 0 Å². The SMILES string of the molecule is CN(C)C.[B]C(c1ccc([N+](=O)[O-])cc1)c1cccc(C)c1. The normalized spacial score (nSPS) is 11.5. The van der Waals surface area contributed by atoms with Crippen LogP contribution in [0.2, 0.25) is 0 Å². The Morgan fingerprint density at radius 2 is 1.59 bits per heavy atom. The molecule has 1 atom stereocenters. The molecule has 0 saturated carbocycles. The van der Waals surface area contributed by atoms with E-state index in [1.165, 1.54) is 12.1 Å². The van der Waals surface area contributed by atoms with Crippen LogP contribution in [0.25, 0.3) is 0 Å². The summed E-state index contributed by atoms with van der Waals surface area (Å²) in [6.07, 6.45) is 0. The van der Waals surface area contributed by atoms with Crippen molar-refractivity contribution >= 4 is 13.5 Å². The Morgan fingerprint density at radius 3 is 2.05 bits per heavy atom. The number of nitrogens with zero attached hydrogens (tertiary/aromatic N) is 2. The Balaban J connectivity index is 0.000000541. The Hall–Kier alpha value is -2.14. The quantitative estimate of drug-likeness (QED) is 0.496. The molecule has 2 radical (unpaired) electrons. The van der Waals surface area contributed by atoms with E-state index in [9.17, 15) is 10.1 Å². The lowest BCUT2D eigenvalue weighted by Gasteiger charge is -2.13. The number of hydrogen-bond acceptors (Lipinski definition) is 3. The number of nitro benzene ring substituents is 1. The van der Waals surface area contributed by atoms with Crippen molar-refractivity contribution < 1.29 is 4.92 Å². The van der Waals surface area contributed by atoms with Gasteiger partial charge >= 0.3 is 0 Å². The van der Waals surface area contributed by atoms with Gasteiger partial charge in [0, 0.05) is 12.1 Å². The van der Waals surface area contributed by atoms with Gasteiger partial charge in [-0.25, -0.2) is 0 Å². The molecular formula is C17H21BN2O2. The average Bonchev–Trinajstić information content (AvgIpc) is 2.46.